The molecule has 1 amide bonds. The van der Waals surface area contributed by atoms with E-state index in [4.69, 9.17) is 9.47 Å². The topological polar surface area (TPSA) is 97.8 Å². The van der Waals surface area contributed by atoms with E-state index in [0.29, 0.717) is 37.5 Å². The van der Waals surface area contributed by atoms with Gasteiger partial charge in [-0.25, -0.2) is 4.98 Å². The molecule has 0 bridgehead atoms. The fourth-order valence-corrected chi connectivity index (χ4v) is 2.09. The molecular formula is C16H24N2O5. The van der Waals surface area contributed by atoms with E-state index in [9.17, 15) is 14.7 Å². The number of aromatic nitrogens is 1. The van der Waals surface area contributed by atoms with Gasteiger partial charge in [0.25, 0.3) is 5.91 Å². The molecule has 1 rings (SSSR count). The molecule has 0 aromatic carbocycles. The first-order valence-corrected chi connectivity index (χ1v) is 7.58. The number of hydrogen-bond donors (Lipinski definition) is 2. The van der Waals surface area contributed by atoms with Crippen molar-refractivity contribution in [2.24, 2.45) is 5.41 Å². The van der Waals surface area contributed by atoms with Crippen LogP contribution < -0.4 is 10.1 Å². The van der Waals surface area contributed by atoms with E-state index in [1.807, 2.05) is 0 Å². The van der Waals surface area contributed by atoms with Gasteiger partial charge in [0.2, 0.25) is 5.88 Å². The lowest BCUT2D eigenvalue weighted by atomic mass is 9.82. The number of nitrogens with zero attached hydrogens (tertiary/aromatic N) is 1. The number of nitrogens with one attached hydrogen (secondary N) is 1. The largest absolute Gasteiger partial charge is 0.481 e. The zero-order chi connectivity index (χ0) is 17.3. The average molecular weight is 324 g/mol. The highest BCUT2D eigenvalue weighted by Gasteiger charge is 2.35. The summed E-state index contributed by atoms with van der Waals surface area (Å²) in [6, 6.07) is 3.07. The molecule has 7 nitrogen and oxygen atoms in total. The second kappa shape index (κ2) is 9.09. The van der Waals surface area contributed by atoms with Crippen molar-refractivity contribution in [1.29, 1.82) is 0 Å². The average Bonchev–Trinajstić information content (AvgIpc) is 2.56. The second-order valence-corrected chi connectivity index (χ2v) is 5.20. The molecule has 7 heteroatoms. The lowest BCUT2D eigenvalue weighted by Crippen LogP contribution is -2.42. The number of carbonyl (C=O) groups excluding carboxylic acids is 1. The van der Waals surface area contributed by atoms with E-state index in [2.05, 4.69) is 10.3 Å². The highest BCUT2D eigenvalue weighted by atomic mass is 16.5. The lowest BCUT2D eigenvalue weighted by molar-refractivity contribution is -0.149. The summed E-state index contributed by atoms with van der Waals surface area (Å²) in [5.41, 5.74) is -0.570. The van der Waals surface area contributed by atoms with Crippen LogP contribution in [0.2, 0.25) is 0 Å². The van der Waals surface area contributed by atoms with Crippen LogP contribution in [0.4, 0.5) is 0 Å². The van der Waals surface area contributed by atoms with E-state index < -0.39 is 11.4 Å². The summed E-state index contributed by atoms with van der Waals surface area (Å²) in [5.74, 6) is -0.928. The maximum atomic E-state index is 12.2. The van der Waals surface area contributed by atoms with Gasteiger partial charge in [-0.1, -0.05) is 13.8 Å². The predicted molar refractivity (Wildman–Crippen MR) is 84.6 cm³/mol. The Bertz CT molecular complexity index is 529. The summed E-state index contributed by atoms with van der Waals surface area (Å²) in [5, 5.41) is 12.1. The lowest BCUT2D eigenvalue weighted by Gasteiger charge is -2.26. The molecule has 0 fully saturated rings. The van der Waals surface area contributed by atoms with Crippen LogP contribution in [0, 0.1) is 5.41 Å². The van der Waals surface area contributed by atoms with Gasteiger partial charge in [-0.3, -0.25) is 9.59 Å². The highest BCUT2D eigenvalue weighted by molar-refractivity contribution is 5.94. The Morgan fingerprint density at radius 3 is 2.57 bits per heavy atom. The zero-order valence-electron chi connectivity index (χ0n) is 13.8. The van der Waals surface area contributed by atoms with Gasteiger partial charge in [0.1, 0.15) is 6.61 Å². The van der Waals surface area contributed by atoms with Crippen molar-refractivity contribution in [2.75, 3.05) is 26.9 Å². The SMILES string of the molecule is CCC(CC)(CNC(=O)c1ccnc(OCCOC)c1)C(=O)O. The molecule has 0 unspecified atom stereocenters. The number of carboxylic acids is 1. The predicted octanol–water partition coefficient (Wildman–Crippen LogP) is 1.73. The van der Waals surface area contributed by atoms with Crippen LogP contribution in [-0.2, 0) is 9.53 Å². The molecule has 0 aliphatic rings. The van der Waals surface area contributed by atoms with Gasteiger partial charge in [0, 0.05) is 31.5 Å². The van der Waals surface area contributed by atoms with Crippen LogP contribution in [0.3, 0.4) is 0 Å². The quantitative estimate of drug-likeness (QED) is 0.636. The van der Waals surface area contributed by atoms with Crippen molar-refractivity contribution in [1.82, 2.24) is 10.3 Å². The summed E-state index contributed by atoms with van der Waals surface area (Å²) in [4.78, 5) is 27.7. The third-order valence-corrected chi connectivity index (χ3v) is 3.93. The van der Waals surface area contributed by atoms with Gasteiger partial charge >= 0.3 is 5.97 Å². The van der Waals surface area contributed by atoms with Crippen LogP contribution in [0.15, 0.2) is 18.3 Å². The van der Waals surface area contributed by atoms with Gasteiger partial charge in [-0.2, -0.15) is 0 Å². The maximum Gasteiger partial charge on any atom is 0.311 e. The molecule has 2 N–H and O–H groups in total. The Morgan fingerprint density at radius 2 is 2.00 bits per heavy atom. The minimum absolute atomic E-state index is 0.0797. The Hall–Kier alpha value is -2.15. The molecule has 0 aliphatic carbocycles. The minimum atomic E-state index is -0.944. The number of hydrogen-bond acceptors (Lipinski definition) is 5. The first-order valence-electron chi connectivity index (χ1n) is 7.58. The maximum absolute atomic E-state index is 12.2. The Kier molecular flexibility index (Phi) is 7.47. The summed E-state index contributed by atoms with van der Waals surface area (Å²) in [6.45, 7) is 4.45. The van der Waals surface area contributed by atoms with Gasteiger partial charge in [-0.05, 0) is 18.9 Å². The molecule has 0 aliphatic heterocycles. The molecule has 1 aromatic rings. The van der Waals surface area contributed by atoms with Gasteiger partial charge in [0.15, 0.2) is 0 Å². The van der Waals surface area contributed by atoms with Crippen molar-refractivity contribution in [3.05, 3.63) is 23.9 Å². The molecule has 1 heterocycles. The van der Waals surface area contributed by atoms with Crippen molar-refractivity contribution in [2.45, 2.75) is 26.7 Å². The number of methoxy groups -OCH3 is 1. The van der Waals surface area contributed by atoms with E-state index in [1.54, 1.807) is 27.0 Å². The van der Waals surface area contributed by atoms with E-state index in [0.717, 1.165) is 0 Å². The van der Waals surface area contributed by atoms with Crippen LogP contribution in [0.25, 0.3) is 0 Å². The van der Waals surface area contributed by atoms with Crippen molar-refractivity contribution in [3.8, 4) is 5.88 Å². The van der Waals surface area contributed by atoms with E-state index >= 15 is 0 Å². The minimum Gasteiger partial charge on any atom is -0.481 e. The summed E-state index contributed by atoms with van der Waals surface area (Å²) >= 11 is 0. The first-order chi connectivity index (χ1) is 11.0. The summed E-state index contributed by atoms with van der Waals surface area (Å²) < 4.78 is 10.2. The Morgan fingerprint density at radius 1 is 1.30 bits per heavy atom. The molecule has 23 heavy (non-hydrogen) atoms. The monoisotopic (exact) mass is 324 g/mol. The fourth-order valence-electron chi connectivity index (χ4n) is 2.09. The molecule has 128 valence electrons. The number of aliphatic carboxylic acids is 1. The Labute approximate surface area is 136 Å². The highest BCUT2D eigenvalue weighted by Crippen LogP contribution is 2.25. The van der Waals surface area contributed by atoms with Crippen molar-refractivity contribution in [3.63, 3.8) is 0 Å². The molecule has 1 aromatic heterocycles. The number of rotatable bonds is 10. The van der Waals surface area contributed by atoms with Gasteiger partial charge in [-0.15, -0.1) is 0 Å². The van der Waals surface area contributed by atoms with Gasteiger partial charge in [0.05, 0.1) is 12.0 Å². The smallest absolute Gasteiger partial charge is 0.311 e. The Balaban J connectivity index is 2.70. The summed E-state index contributed by atoms with van der Waals surface area (Å²) in [6.07, 6.45) is 2.36. The van der Waals surface area contributed by atoms with Crippen LogP contribution in [0.5, 0.6) is 5.88 Å². The first kappa shape index (κ1) is 18.9. The third-order valence-electron chi connectivity index (χ3n) is 3.93. The molecular weight excluding hydrogens is 300 g/mol. The molecule has 0 spiro atoms. The standard InChI is InChI=1S/C16H24N2O5/c1-4-16(5-2,15(20)21)11-18-14(19)12-6-7-17-13(10-12)23-9-8-22-3/h6-7,10H,4-5,8-9,11H2,1-3H3,(H,18,19)(H,20,21). The van der Waals surface area contributed by atoms with Crippen LogP contribution in [0.1, 0.15) is 37.0 Å². The van der Waals surface area contributed by atoms with E-state index in [1.165, 1.54) is 12.3 Å². The normalized spacial score (nSPS) is 11.1. The van der Waals surface area contributed by atoms with Gasteiger partial charge < -0.3 is 19.9 Å². The molecule has 0 saturated carbocycles. The molecule has 0 radical (unpaired) electrons. The number of carbonyl (C=O) groups is 2. The number of ether oxygens (including phenoxy) is 2. The third kappa shape index (κ3) is 5.21. The summed E-state index contributed by atoms with van der Waals surface area (Å²) in [7, 11) is 1.57. The number of pyridine rings is 1. The molecule has 0 atom stereocenters. The van der Waals surface area contributed by atoms with Crippen LogP contribution >= 0.6 is 0 Å². The van der Waals surface area contributed by atoms with Crippen LogP contribution in [-0.4, -0.2) is 48.8 Å². The van der Waals surface area contributed by atoms with Crippen molar-refractivity contribution < 1.29 is 24.2 Å². The zero-order valence-corrected chi connectivity index (χ0v) is 13.8. The fraction of sp³-hybridized carbons (Fsp3) is 0.562. The van der Waals surface area contributed by atoms with E-state index in [-0.39, 0.29) is 12.5 Å². The number of carboxylic acid groups (broad SMARTS) is 1. The second-order valence-electron chi connectivity index (χ2n) is 5.20. The molecule has 0 saturated heterocycles. The number of amides is 1. The van der Waals surface area contributed by atoms with Crippen molar-refractivity contribution >= 4 is 11.9 Å².